The maximum absolute atomic E-state index is 5.04. The Balaban J connectivity index is 1.62. The van der Waals surface area contributed by atoms with Crippen LogP contribution in [0.1, 0.15) is 75.0 Å². The minimum atomic E-state index is 0.538. The number of rotatable bonds is 3. The summed E-state index contributed by atoms with van der Waals surface area (Å²) in [5.74, 6) is 2.10. The number of allylic oxidation sites excluding steroid dienone is 4. The fraction of sp³-hybridized carbons (Fsp3) is 0.571. The fourth-order valence-electron chi connectivity index (χ4n) is 4.81. The molecule has 0 bridgehead atoms. The lowest BCUT2D eigenvalue weighted by Crippen LogP contribution is -2.17. The molecule has 5 nitrogen and oxygen atoms in total. The Kier molecular flexibility index (Phi) is 4.03. The molecule has 3 aliphatic rings. The molecule has 0 saturated heterocycles. The topological polar surface area (TPSA) is 48.5 Å². The molecular weight excluding hydrogens is 322 g/mol. The molecule has 2 aromatic rings. The average molecular weight is 349 g/mol. The molecule has 0 aromatic carbocycles. The largest absolute Gasteiger partial charge is 0.306 e. The van der Waals surface area contributed by atoms with Crippen LogP contribution in [-0.4, -0.2) is 24.5 Å². The zero-order valence-corrected chi connectivity index (χ0v) is 15.6. The number of fused-ring (bicyclic) bond motifs is 3. The summed E-state index contributed by atoms with van der Waals surface area (Å²) < 4.78 is 4.66. The molecule has 0 spiro atoms. The van der Waals surface area contributed by atoms with E-state index >= 15 is 0 Å². The second kappa shape index (κ2) is 6.53. The van der Waals surface area contributed by atoms with Crippen LogP contribution < -0.4 is 0 Å². The first kappa shape index (κ1) is 16.0. The fourth-order valence-corrected chi connectivity index (χ4v) is 4.81. The molecule has 136 valence electrons. The van der Waals surface area contributed by atoms with Crippen LogP contribution in [0.3, 0.4) is 0 Å². The summed E-state index contributed by atoms with van der Waals surface area (Å²) in [5.41, 5.74) is 5.26. The van der Waals surface area contributed by atoms with Crippen LogP contribution in [0.4, 0.5) is 0 Å². The summed E-state index contributed by atoms with van der Waals surface area (Å²) in [4.78, 5) is 0. The molecule has 0 amide bonds. The molecule has 5 rings (SSSR count). The van der Waals surface area contributed by atoms with Crippen molar-refractivity contribution in [3.63, 3.8) is 0 Å². The predicted molar refractivity (Wildman–Crippen MR) is 103 cm³/mol. The van der Waals surface area contributed by atoms with Gasteiger partial charge in [-0.1, -0.05) is 38.0 Å². The van der Waals surface area contributed by atoms with Gasteiger partial charge in [-0.15, -0.1) is 10.2 Å². The van der Waals surface area contributed by atoms with E-state index < -0.39 is 0 Å². The van der Waals surface area contributed by atoms with Gasteiger partial charge < -0.3 is 4.57 Å². The normalized spacial score (nSPS) is 20.0. The summed E-state index contributed by atoms with van der Waals surface area (Å²) in [6, 6.07) is 0.538. The van der Waals surface area contributed by atoms with Crippen molar-refractivity contribution in [2.75, 3.05) is 0 Å². The number of aromatic nitrogens is 5. The average Bonchev–Trinajstić information content (AvgIpc) is 3.35. The third-order valence-electron chi connectivity index (χ3n) is 6.16. The van der Waals surface area contributed by atoms with Crippen molar-refractivity contribution in [3.8, 4) is 11.5 Å². The summed E-state index contributed by atoms with van der Waals surface area (Å²) in [7, 11) is 0. The second-order valence-electron chi connectivity index (χ2n) is 7.74. The van der Waals surface area contributed by atoms with Crippen molar-refractivity contribution < 1.29 is 0 Å². The maximum atomic E-state index is 5.04. The molecule has 3 heterocycles. The molecule has 1 fully saturated rings. The third-order valence-corrected chi connectivity index (χ3v) is 6.16. The van der Waals surface area contributed by atoms with Gasteiger partial charge in [0.2, 0.25) is 0 Å². The zero-order chi connectivity index (χ0) is 17.5. The van der Waals surface area contributed by atoms with E-state index in [1.807, 2.05) is 0 Å². The number of aryl methyl sites for hydroxylation is 1. The molecule has 1 saturated carbocycles. The van der Waals surface area contributed by atoms with Gasteiger partial charge in [-0.3, -0.25) is 4.68 Å². The van der Waals surface area contributed by atoms with Gasteiger partial charge >= 0.3 is 0 Å². The first-order valence-corrected chi connectivity index (χ1v) is 10.2. The standard InChI is InChI=1S/C21H27N5/c1-2-18-17-13-14-25-20(15-9-5-3-4-6-10-15)22-23-21(25)19(17)26(24-18)16-11-7-8-12-16/h3,5,10,16H,2,4,6-9,11-14H2,1H3. The van der Waals surface area contributed by atoms with Gasteiger partial charge in [-0.05, 0) is 50.5 Å². The van der Waals surface area contributed by atoms with Crippen molar-refractivity contribution in [2.45, 2.75) is 77.3 Å². The van der Waals surface area contributed by atoms with E-state index in [0.29, 0.717) is 6.04 Å². The quantitative estimate of drug-likeness (QED) is 0.767. The van der Waals surface area contributed by atoms with Crippen LogP contribution >= 0.6 is 0 Å². The van der Waals surface area contributed by atoms with Crippen LogP contribution in [0.25, 0.3) is 17.1 Å². The molecule has 2 aliphatic carbocycles. The maximum Gasteiger partial charge on any atom is 0.182 e. The Hall–Kier alpha value is -2.17. The lowest BCUT2D eigenvalue weighted by molar-refractivity contribution is 0.464. The highest BCUT2D eigenvalue weighted by Crippen LogP contribution is 2.39. The van der Waals surface area contributed by atoms with Crippen LogP contribution in [0.5, 0.6) is 0 Å². The van der Waals surface area contributed by atoms with Crippen molar-refractivity contribution in [1.29, 1.82) is 0 Å². The summed E-state index contributed by atoms with van der Waals surface area (Å²) in [5, 5.41) is 14.3. The molecule has 0 N–H and O–H groups in total. The number of nitrogens with zero attached hydrogens (tertiary/aromatic N) is 5. The van der Waals surface area contributed by atoms with E-state index in [1.54, 1.807) is 0 Å². The van der Waals surface area contributed by atoms with E-state index in [1.165, 1.54) is 48.2 Å². The first-order chi connectivity index (χ1) is 12.9. The molecule has 1 aliphatic heterocycles. The highest BCUT2D eigenvalue weighted by Gasteiger charge is 2.32. The van der Waals surface area contributed by atoms with E-state index in [4.69, 9.17) is 5.10 Å². The van der Waals surface area contributed by atoms with Gasteiger partial charge in [0.25, 0.3) is 0 Å². The van der Waals surface area contributed by atoms with Crippen LogP contribution in [0.15, 0.2) is 18.2 Å². The molecule has 26 heavy (non-hydrogen) atoms. The molecule has 2 aromatic heterocycles. The molecule has 0 radical (unpaired) electrons. The van der Waals surface area contributed by atoms with E-state index in [9.17, 15) is 0 Å². The summed E-state index contributed by atoms with van der Waals surface area (Å²) in [6.07, 6.45) is 17.3. The molecule has 0 atom stereocenters. The summed E-state index contributed by atoms with van der Waals surface area (Å²) >= 11 is 0. The number of hydrogen-bond donors (Lipinski definition) is 0. The van der Waals surface area contributed by atoms with E-state index in [-0.39, 0.29) is 0 Å². The lowest BCUT2D eigenvalue weighted by atomic mass is 10.0. The monoisotopic (exact) mass is 349 g/mol. The molecule has 5 heteroatoms. The third kappa shape index (κ3) is 2.48. The van der Waals surface area contributed by atoms with Gasteiger partial charge in [0.15, 0.2) is 11.6 Å². The van der Waals surface area contributed by atoms with Crippen LogP contribution in [0.2, 0.25) is 0 Å². The van der Waals surface area contributed by atoms with Crippen molar-refractivity contribution in [3.05, 3.63) is 35.3 Å². The van der Waals surface area contributed by atoms with E-state index in [0.717, 1.165) is 50.3 Å². The minimum absolute atomic E-state index is 0.538. The Morgan fingerprint density at radius 1 is 1.08 bits per heavy atom. The zero-order valence-electron chi connectivity index (χ0n) is 15.6. The van der Waals surface area contributed by atoms with Gasteiger partial charge in [-0.25, -0.2) is 0 Å². The van der Waals surface area contributed by atoms with E-state index in [2.05, 4.69) is 44.6 Å². The molecule has 0 unspecified atom stereocenters. The Morgan fingerprint density at radius 2 is 1.92 bits per heavy atom. The lowest BCUT2D eigenvalue weighted by Gasteiger charge is -2.20. The van der Waals surface area contributed by atoms with Gasteiger partial charge in [0.05, 0.1) is 11.7 Å². The Morgan fingerprint density at radius 3 is 2.77 bits per heavy atom. The highest BCUT2D eigenvalue weighted by molar-refractivity contribution is 5.67. The van der Waals surface area contributed by atoms with Crippen molar-refractivity contribution >= 4 is 5.57 Å². The van der Waals surface area contributed by atoms with Crippen LogP contribution in [0, 0.1) is 0 Å². The second-order valence-corrected chi connectivity index (χ2v) is 7.74. The van der Waals surface area contributed by atoms with Gasteiger partial charge in [-0.2, -0.15) is 5.10 Å². The predicted octanol–water partition coefficient (Wildman–Crippen LogP) is 4.50. The van der Waals surface area contributed by atoms with Gasteiger partial charge in [0, 0.05) is 12.1 Å². The number of hydrogen-bond acceptors (Lipinski definition) is 3. The highest BCUT2D eigenvalue weighted by atomic mass is 15.4. The Bertz CT molecular complexity index is 877. The Labute approximate surface area is 154 Å². The van der Waals surface area contributed by atoms with Crippen molar-refractivity contribution in [1.82, 2.24) is 24.5 Å². The minimum Gasteiger partial charge on any atom is -0.306 e. The van der Waals surface area contributed by atoms with Gasteiger partial charge in [0.1, 0.15) is 5.69 Å². The molecular formula is C21H27N5. The van der Waals surface area contributed by atoms with Crippen molar-refractivity contribution in [2.24, 2.45) is 0 Å². The summed E-state index contributed by atoms with van der Waals surface area (Å²) in [6.45, 7) is 3.18. The van der Waals surface area contributed by atoms with Crippen LogP contribution in [-0.2, 0) is 19.4 Å². The SMILES string of the molecule is CCc1nn(C2CCCC2)c2c1CCn1c(C3=CCCC=CC3)nnc1-2. The first-order valence-electron chi connectivity index (χ1n) is 10.2. The smallest absolute Gasteiger partial charge is 0.182 e.